The SMILES string of the molecule is O=C(CCC1CCCNC1)N1CCCC(CO)C1. The third-order valence-corrected chi connectivity index (χ3v) is 4.30. The largest absolute Gasteiger partial charge is 0.396 e. The number of amides is 1. The lowest BCUT2D eigenvalue weighted by Crippen LogP contribution is -2.41. The van der Waals surface area contributed by atoms with Gasteiger partial charge in [-0.1, -0.05) is 0 Å². The second-order valence-electron chi connectivity index (χ2n) is 5.78. The summed E-state index contributed by atoms with van der Waals surface area (Å²) in [6, 6.07) is 0. The van der Waals surface area contributed by atoms with Gasteiger partial charge >= 0.3 is 0 Å². The van der Waals surface area contributed by atoms with Crippen LogP contribution in [0.25, 0.3) is 0 Å². The lowest BCUT2D eigenvalue weighted by molar-refractivity contribution is -0.133. The first-order valence-corrected chi connectivity index (χ1v) is 7.39. The molecule has 4 nitrogen and oxygen atoms in total. The van der Waals surface area contributed by atoms with Gasteiger partial charge in [-0.25, -0.2) is 0 Å². The number of nitrogens with one attached hydrogen (secondary N) is 1. The number of likely N-dealkylation sites (tertiary alicyclic amines) is 1. The molecular formula is C14H26N2O2. The molecule has 0 bridgehead atoms. The molecule has 2 rings (SSSR count). The molecule has 0 aromatic carbocycles. The van der Waals surface area contributed by atoms with E-state index < -0.39 is 0 Å². The Labute approximate surface area is 110 Å². The summed E-state index contributed by atoms with van der Waals surface area (Å²) in [4.78, 5) is 14.1. The van der Waals surface area contributed by atoms with Crippen LogP contribution in [-0.4, -0.2) is 48.7 Å². The van der Waals surface area contributed by atoms with Crippen LogP contribution in [0.2, 0.25) is 0 Å². The third-order valence-electron chi connectivity index (χ3n) is 4.30. The highest BCUT2D eigenvalue weighted by molar-refractivity contribution is 5.76. The number of aliphatic hydroxyl groups is 1. The zero-order valence-corrected chi connectivity index (χ0v) is 11.2. The highest BCUT2D eigenvalue weighted by Gasteiger charge is 2.23. The van der Waals surface area contributed by atoms with Crippen molar-refractivity contribution in [3.8, 4) is 0 Å². The zero-order chi connectivity index (χ0) is 12.8. The molecule has 0 aromatic heterocycles. The second-order valence-corrected chi connectivity index (χ2v) is 5.78. The number of nitrogens with zero attached hydrogens (tertiary/aromatic N) is 1. The molecule has 0 aliphatic carbocycles. The minimum atomic E-state index is 0.219. The number of carbonyl (C=O) groups excluding carboxylic acids is 1. The minimum absolute atomic E-state index is 0.219. The fourth-order valence-corrected chi connectivity index (χ4v) is 3.10. The highest BCUT2D eigenvalue weighted by Crippen LogP contribution is 2.20. The highest BCUT2D eigenvalue weighted by atomic mass is 16.3. The van der Waals surface area contributed by atoms with Crippen LogP contribution in [0.5, 0.6) is 0 Å². The Morgan fingerprint density at radius 2 is 2.11 bits per heavy atom. The Morgan fingerprint density at radius 3 is 2.83 bits per heavy atom. The summed E-state index contributed by atoms with van der Waals surface area (Å²) in [6.07, 6.45) is 6.32. The first kappa shape index (κ1) is 13.8. The van der Waals surface area contributed by atoms with Gasteiger partial charge in [-0.3, -0.25) is 4.79 Å². The van der Waals surface area contributed by atoms with Crippen LogP contribution in [0.4, 0.5) is 0 Å². The van der Waals surface area contributed by atoms with E-state index in [1.54, 1.807) is 0 Å². The van der Waals surface area contributed by atoms with E-state index in [0.717, 1.165) is 45.4 Å². The lowest BCUT2D eigenvalue weighted by Gasteiger charge is -2.32. The van der Waals surface area contributed by atoms with Gasteiger partial charge in [-0.15, -0.1) is 0 Å². The van der Waals surface area contributed by atoms with E-state index >= 15 is 0 Å². The molecule has 2 fully saturated rings. The molecule has 2 unspecified atom stereocenters. The Morgan fingerprint density at radius 1 is 1.28 bits per heavy atom. The van der Waals surface area contributed by atoms with Crippen LogP contribution in [-0.2, 0) is 4.79 Å². The van der Waals surface area contributed by atoms with E-state index in [2.05, 4.69) is 5.32 Å². The van der Waals surface area contributed by atoms with Crippen molar-refractivity contribution >= 4 is 5.91 Å². The normalized spacial score (nSPS) is 29.3. The molecular weight excluding hydrogens is 228 g/mol. The molecule has 2 aliphatic heterocycles. The fourth-order valence-electron chi connectivity index (χ4n) is 3.10. The van der Waals surface area contributed by atoms with Crippen LogP contribution in [0.1, 0.15) is 38.5 Å². The van der Waals surface area contributed by atoms with E-state index in [9.17, 15) is 9.90 Å². The molecule has 4 heteroatoms. The van der Waals surface area contributed by atoms with Crippen molar-refractivity contribution in [2.75, 3.05) is 32.8 Å². The average molecular weight is 254 g/mol. The standard InChI is InChI=1S/C14H26N2O2/c17-11-13-4-2-8-16(10-13)14(18)6-5-12-3-1-7-15-9-12/h12-13,15,17H,1-11H2. The number of piperidine rings is 2. The first-order chi connectivity index (χ1) is 8.79. The summed E-state index contributed by atoms with van der Waals surface area (Å²) in [6.45, 7) is 4.08. The molecule has 104 valence electrons. The summed E-state index contributed by atoms with van der Waals surface area (Å²) in [7, 11) is 0. The second kappa shape index (κ2) is 7.10. The van der Waals surface area contributed by atoms with Crippen molar-refractivity contribution in [1.82, 2.24) is 10.2 Å². The summed E-state index contributed by atoms with van der Waals surface area (Å²) >= 11 is 0. The molecule has 0 saturated carbocycles. The molecule has 0 radical (unpaired) electrons. The Balaban J connectivity index is 1.70. The van der Waals surface area contributed by atoms with Gasteiger partial charge in [-0.05, 0) is 57.0 Å². The molecule has 2 aliphatic rings. The summed E-state index contributed by atoms with van der Waals surface area (Å²) in [5, 5.41) is 12.6. The molecule has 0 aromatic rings. The van der Waals surface area contributed by atoms with Gasteiger partial charge < -0.3 is 15.3 Å². The van der Waals surface area contributed by atoms with E-state index in [0.29, 0.717) is 24.2 Å². The Bertz CT molecular complexity index is 265. The number of aliphatic hydroxyl groups excluding tert-OH is 1. The van der Waals surface area contributed by atoms with E-state index in [4.69, 9.17) is 0 Å². The average Bonchev–Trinajstić information content (AvgIpc) is 2.46. The van der Waals surface area contributed by atoms with Gasteiger partial charge in [0.05, 0.1) is 0 Å². The van der Waals surface area contributed by atoms with Crippen LogP contribution in [0, 0.1) is 11.8 Å². The van der Waals surface area contributed by atoms with Crippen LogP contribution < -0.4 is 5.32 Å². The predicted octanol–water partition coefficient (Wildman–Crippen LogP) is 0.997. The van der Waals surface area contributed by atoms with Gasteiger partial charge in [-0.2, -0.15) is 0 Å². The van der Waals surface area contributed by atoms with E-state index in [1.165, 1.54) is 12.8 Å². The molecule has 2 saturated heterocycles. The number of rotatable bonds is 4. The maximum absolute atomic E-state index is 12.1. The fraction of sp³-hybridized carbons (Fsp3) is 0.929. The Hall–Kier alpha value is -0.610. The number of carbonyl (C=O) groups is 1. The van der Waals surface area contributed by atoms with Crippen molar-refractivity contribution in [1.29, 1.82) is 0 Å². The zero-order valence-electron chi connectivity index (χ0n) is 11.2. The first-order valence-electron chi connectivity index (χ1n) is 7.39. The van der Waals surface area contributed by atoms with Crippen molar-refractivity contribution < 1.29 is 9.90 Å². The monoisotopic (exact) mass is 254 g/mol. The van der Waals surface area contributed by atoms with Gasteiger partial charge in [0.2, 0.25) is 5.91 Å². The molecule has 1 amide bonds. The predicted molar refractivity (Wildman–Crippen MR) is 71.2 cm³/mol. The van der Waals surface area contributed by atoms with Gasteiger partial charge in [0.1, 0.15) is 0 Å². The quantitative estimate of drug-likeness (QED) is 0.787. The van der Waals surface area contributed by atoms with Crippen LogP contribution in [0.15, 0.2) is 0 Å². The molecule has 2 N–H and O–H groups in total. The van der Waals surface area contributed by atoms with Gasteiger partial charge in [0, 0.05) is 26.1 Å². The van der Waals surface area contributed by atoms with E-state index in [-0.39, 0.29) is 6.61 Å². The lowest BCUT2D eigenvalue weighted by atomic mass is 9.93. The summed E-state index contributed by atoms with van der Waals surface area (Å²) < 4.78 is 0. The Kier molecular flexibility index (Phi) is 5.45. The molecule has 18 heavy (non-hydrogen) atoms. The van der Waals surface area contributed by atoms with Crippen molar-refractivity contribution in [2.24, 2.45) is 11.8 Å². The molecule has 0 spiro atoms. The van der Waals surface area contributed by atoms with Gasteiger partial charge in [0.15, 0.2) is 0 Å². The van der Waals surface area contributed by atoms with Crippen molar-refractivity contribution in [2.45, 2.75) is 38.5 Å². The van der Waals surface area contributed by atoms with Crippen LogP contribution >= 0.6 is 0 Å². The van der Waals surface area contributed by atoms with Crippen LogP contribution in [0.3, 0.4) is 0 Å². The van der Waals surface area contributed by atoms with Gasteiger partial charge in [0.25, 0.3) is 0 Å². The number of hydrogen-bond donors (Lipinski definition) is 2. The maximum atomic E-state index is 12.1. The molecule has 2 atom stereocenters. The minimum Gasteiger partial charge on any atom is -0.396 e. The topological polar surface area (TPSA) is 52.6 Å². The summed E-state index contributed by atoms with van der Waals surface area (Å²) in [5.41, 5.74) is 0. The maximum Gasteiger partial charge on any atom is 0.222 e. The third kappa shape index (κ3) is 3.95. The number of hydrogen-bond acceptors (Lipinski definition) is 3. The van der Waals surface area contributed by atoms with Crippen molar-refractivity contribution in [3.05, 3.63) is 0 Å². The summed E-state index contributed by atoms with van der Waals surface area (Å²) in [5.74, 6) is 1.28. The molecule has 2 heterocycles. The van der Waals surface area contributed by atoms with Crippen molar-refractivity contribution in [3.63, 3.8) is 0 Å². The van der Waals surface area contributed by atoms with E-state index in [1.807, 2.05) is 4.90 Å². The smallest absolute Gasteiger partial charge is 0.222 e.